The second-order valence-corrected chi connectivity index (χ2v) is 5.87. The molecule has 118 valence electrons. The van der Waals surface area contributed by atoms with Crippen LogP contribution >= 0.6 is 11.8 Å². The minimum absolute atomic E-state index is 0.0889. The summed E-state index contributed by atoms with van der Waals surface area (Å²) in [4.78, 5) is 4.59. The van der Waals surface area contributed by atoms with E-state index in [0.717, 1.165) is 28.3 Å². The highest BCUT2D eigenvalue weighted by Crippen LogP contribution is 2.36. The van der Waals surface area contributed by atoms with Crippen LogP contribution in [0.5, 0.6) is 5.75 Å². The highest BCUT2D eigenvalue weighted by atomic mass is 32.2. The molecule has 0 spiro atoms. The van der Waals surface area contributed by atoms with Gasteiger partial charge in [0.15, 0.2) is 5.76 Å². The number of aliphatic hydroxyl groups excluding tert-OH is 1. The van der Waals surface area contributed by atoms with Gasteiger partial charge in [-0.15, -0.1) is 0 Å². The molecule has 0 aliphatic carbocycles. The fourth-order valence-corrected chi connectivity index (χ4v) is 2.79. The van der Waals surface area contributed by atoms with Gasteiger partial charge in [0.1, 0.15) is 11.4 Å². The molecule has 3 rings (SSSR count). The van der Waals surface area contributed by atoms with Crippen molar-refractivity contribution in [2.24, 2.45) is 0 Å². The highest BCUT2D eigenvalue weighted by Gasteiger charge is 2.17. The third-order valence-corrected chi connectivity index (χ3v) is 4.13. The van der Waals surface area contributed by atoms with Gasteiger partial charge in [-0.1, -0.05) is 42.1 Å². The Morgan fingerprint density at radius 3 is 2.43 bits per heavy atom. The lowest BCUT2D eigenvalue weighted by Crippen LogP contribution is -1.86. The molecule has 0 radical (unpaired) electrons. The van der Waals surface area contributed by atoms with Crippen LogP contribution in [0, 0.1) is 0 Å². The van der Waals surface area contributed by atoms with Crippen molar-refractivity contribution in [1.82, 2.24) is 4.98 Å². The van der Waals surface area contributed by atoms with Crippen LogP contribution < -0.4 is 4.74 Å². The van der Waals surface area contributed by atoms with Crippen molar-refractivity contribution in [3.05, 3.63) is 54.6 Å². The maximum absolute atomic E-state index is 8.99. The lowest BCUT2D eigenvalue weighted by molar-refractivity contribution is 0.322. The van der Waals surface area contributed by atoms with Crippen molar-refractivity contribution < 1.29 is 14.3 Å². The molecule has 0 aliphatic rings. The molecule has 1 aromatic heterocycles. The van der Waals surface area contributed by atoms with E-state index in [9.17, 15) is 0 Å². The largest absolute Gasteiger partial charge is 0.497 e. The van der Waals surface area contributed by atoms with Crippen LogP contribution in [0.4, 0.5) is 0 Å². The zero-order valence-corrected chi connectivity index (χ0v) is 13.5. The van der Waals surface area contributed by atoms with Crippen molar-refractivity contribution in [2.75, 3.05) is 19.5 Å². The van der Waals surface area contributed by atoms with Crippen molar-refractivity contribution in [2.45, 2.75) is 5.22 Å². The number of oxazole rings is 1. The number of benzene rings is 2. The number of methoxy groups -OCH3 is 1. The van der Waals surface area contributed by atoms with Gasteiger partial charge in [-0.3, -0.25) is 0 Å². The summed E-state index contributed by atoms with van der Waals surface area (Å²) >= 11 is 1.40. The third-order valence-electron chi connectivity index (χ3n) is 3.32. The molecule has 23 heavy (non-hydrogen) atoms. The maximum Gasteiger partial charge on any atom is 0.256 e. The summed E-state index contributed by atoms with van der Waals surface area (Å²) < 4.78 is 11.1. The Kier molecular flexibility index (Phi) is 5.00. The van der Waals surface area contributed by atoms with Crippen molar-refractivity contribution in [3.8, 4) is 28.3 Å². The lowest BCUT2D eigenvalue weighted by atomic mass is 10.1. The first-order valence-electron chi connectivity index (χ1n) is 7.26. The van der Waals surface area contributed by atoms with E-state index in [0.29, 0.717) is 11.0 Å². The Hall–Kier alpha value is -2.24. The summed E-state index contributed by atoms with van der Waals surface area (Å²) in [6.07, 6.45) is 0. The summed E-state index contributed by atoms with van der Waals surface area (Å²) in [6, 6.07) is 17.6. The SMILES string of the molecule is COc1ccc(-c2nc(SCCO)oc2-c2ccccc2)cc1. The normalized spacial score (nSPS) is 10.7. The van der Waals surface area contributed by atoms with Crippen molar-refractivity contribution in [3.63, 3.8) is 0 Å². The van der Waals surface area contributed by atoms with E-state index in [-0.39, 0.29) is 6.61 Å². The molecule has 1 heterocycles. The van der Waals surface area contributed by atoms with Gasteiger partial charge in [-0.2, -0.15) is 0 Å². The number of hydrogen-bond donors (Lipinski definition) is 1. The summed E-state index contributed by atoms with van der Waals surface area (Å²) in [6.45, 7) is 0.0889. The molecule has 0 aliphatic heterocycles. The predicted octanol–water partition coefficient (Wildman–Crippen LogP) is 4.10. The third kappa shape index (κ3) is 3.57. The van der Waals surface area contributed by atoms with Crippen LogP contribution in [0.1, 0.15) is 0 Å². The lowest BCUT2D eigenvalue weighted by Gasteiger charge is -2.03. The minimum atomic E-state index is 0.0889. The van der Waals surface area contributed by atoms with Crippen LogP contribution in [0.3, 0.4) is 0 Å². The smallest absolute Gasteiger partial charge is 0.256 e. The molecule has 0 atom stereocenters. The standard InChI is InChI=1S/C18H17NO3S/c1-21-15-9-7-13(8-10-15)16-17(14-5-3-2-4-6-14)22-18(19-16)23-12-11-20/h2-10,20H,11-12H2,1H3. The first-order valence-corrected chi connectivity index (χ1v) is 8.24. The summed E-state index contributed by atoms with van der Waals surface area (Å²) in [5.41, 5.74) is 2.73. The van der Waals surface area contributed by atoms with E-state index in [4.69, 9.17) is 14.3 Å². The molecular formula is C18H17NO3S. The Bertz CT molecular complexity index is 754. The number of hydrogen-bond acceptors (Lipinski definition) is 5. The molecule has 0 amide bonds. The Labute approximate surface area is 139 Å². The van der Waals surface area contributed by atoms with Gasteiger partial charge in [0.2, 0.25) is 0 Å². The number of aliphatic hydroxyl groups is 1. The molecule has 2 aromatic carbocycles. The Balaban J connectivity index is 2.04. The van der Waals surface area contributed by atoms with E-state index in [1.807, 2.05) is 54.6 Å². The second-order valence-electron chi connectivity index (χ2n) is 4.82. The molecule has 4 nitrogen and oxygen atoms in total. The summed E-state index contributed by atoms with van der Waals surface area (Å²) in [5.74, 6) is 2.08. The molecule has 0 fully saturated rings. The Morgan fingerprint density at radius 1 is 1.04 bits per heavy atom. The first-order chi connectivity index (χ1) is 11.3. The van der Waals surface area contributed by atoms with Crippen LogP contribution in [0.25, 0.3) is 22.6 Å². The van der Waals surface area contributed by atoms with Gasteiger partial charge in [-0.25, -0.2) is 4.98 Å². The monoisotopic (exact) mass is 327 g/mol. The predicted molar refractivity (Wildman–Crippen MR) is 91.7 cm³/mol. The van der Waals surface area contributed by atoms with Gasteiger partial charge < -0.3 is 14.3 Å². The minimum Gasteiger partial charge on any atom is -0.497 e. The van der Waals surface area contributed by atoms with Crippen molar-refractivity contribution in [1.29, 1.82) is 0 Å². The van der Waals surface area contributed by atoms with Crippen molar-refractivity contribution >= 4 is 11.8 Å². The van der Waals surface area contributed by atoms with Gasteiger partial charge in [0.25, 0.3) is 5.22 Å². The topological polar surface area (TPSA) is 55.5 Å². The molecule has 1 N–H and O–H groups in total. The molecule has 0 unspecified atom stereocenters. The highest BCUT2D eigenvalue weighted by molar-refractivity contribution is 7.99. The van der Waals surface area contributed by atoms with Crippen LogP contribution in [-0.2, 0) is 0 Å². The molecule has 0 saturated heterocycles. The van der Waals surface area contributed by atoms with Gasteiger partial charge in [0, 0.05) is 16.9 Å². The van der Waals surface area contributed by atoms with Crippen LogP contribution in [-0.4, -0.2) is 29.6 Å². The van der Waals surface area contributed by atoms with Gasteiger partial charge in [-0.05, 0) is 24.3 Å². The quantitative estimate of drug-likeness (QED) is 0.691. The fourth-order valence-electron chi connectivity index (χ4n) is 2.22. The van der Waals surface area contributed by atoms with Gasteiger partial charge >= 0.3 is 0 Å². The van der Waals surface area contributed by atoms with E-state index in [2.05, 4.69) is 4.98 Å². The maximum atomic E-state index is 8.99. The molecular weight excluding hydrogens is 310 g/mol. The second kappa shape index (κ2) is 7.35. The summed E-state index contributed by atoms with van der Waals surface area (Å²) in [5, 5.41) is 9.55. The zero-order chi connectivity index (χ0) is 16.1. The van der Waals surface area contributed by atoms with E-state index >= 15 is 0 Å². The summed E-state index contributed by atoms with van der Waals surface area (Å²) in [7, 11) is 1.64. The molecule has 3 aromatic rings. The number of ether oxygens (including phenoxy) is 1. The Morgan fingerprint density at radius 2 is 1.78 bits per heavy atom. The number of rotatable bonds is 6. The molecule has 0 bridgehead atoms. The van der Waals surface area contributed by atoms with Crippen LogP contribution in [0.15, 0.2) is 64.2 Å². The fraction of sp³-hybridized carbons (Fsp3) is 0.167. The number of nitrogens with zero attached hydrogens (tertiary/aromatic N) is 1. The van der Waals surface area contributed by atoms with E-state index in [1.165, 1.54) is 11.8 Å². The molecule has 0 saturated carbocycles. The number of aromatic nitrogens is 1. The van der Waals surface area contributed by atoms with Gasteiger partial charge in [0.05, 0.1) is 13.7 Å². The zero-order valence-electron chi connectivity index (χ0n) is 12.7. The average molecular weight is 327 g/mol. The average Bonchev–Trinajstić information content (AvgIpc) is 3.05. The van der Waals surface area contributed by atoms with E-state index < -0.39 is 0 Å². The first kappa shape index (κ1) is 15.6. The van der Waals surface area contributed by atoms with Crippen LogP contribution in [0.2, 0.25) is 0 Å². The molecule has 5 heteroatoms. The number of thioether (sulfide) groups is 1. The van der Waals surface area contributed by atoms with E-state index in [1.54, 1.807) is 7.11 Å².